The molecule has 120 valence electrons. The summed E-state index contributed by atoms with van der Waals surface area (Å²) in [5.74, 6) is -0.949. The predicted molar refractivity (Wildman–Crippen MR) is 84.3 cm³/mol. The lowest BCUT2D eigenvalue weighted by Gasteiger charge is -2.23. The molecule has 1 amide bonds. The monoisotopic (exact) mass is 389 g/mol. The Balaban J connectivity index is 1.88. The zero-order valence-electron chi connectivity index (χ0n) is 12.0. The molecule has 0 saturated carbocycles. The minimum Gasteiger partial charge on any atom is -0.452 e. The van der Waals surface area contributed by atoms with E-state index >= 15 is 0 Å². The van der Waals surface area contributed by atoms with Gasteiger partial charge in [0, 0.05) is 17.6 Å². The van der Waals surface area contributed by atoms with E-state index < -0.39 is 28.3 Å². The Kier molecular flexibility index (Phi) is 5.23. The molecule has 0 spiro atoms. The molecule has 8 heteroatoms. The van der Waals surface area contributed by atoms with Gasteiger partial charge in [-0.25, -0.2) is 13.2 Å². The number of carbonyl (C=O) groups excluding carboxylic acids is 2. The number of amides is 1. The van der Waals surface area contributed by atoms with E-state index in [0.717, 1.165) is 4.47 Å². The number of ether oxygens (including phenoxy) is 1. The lowest BCUT2D eigenvalue weighted by molar-refractivity contribution is -0.134. The third-order valence-electron chi connectivity index (χ3n) is 3.54. The molecule has 1 aliphatic heterocycles. The molecule has 1 fully saturated rings. The number of benzene rings is 1. The fourth-order valence-corrected chi connectivity index (χ4v) is 4.39. The SMILES string of the molecule is CN(C(=O)COC(=O)c1cccc(Br)c1)[C@@H]1CCS(=O)(=O)C1. The van der Waals surface area contributed by atoms with E-state index in [2.05, 4.69) is 15.9 Å². The molecule has 1 heterocycles. The van der Waals surface area contributed by atoms with Gasteiger partial charge in [-0.3, -0.25) is 4.79 Å². The van der Waals surface area contributed by atoms with Crippen molar-refractivity contribution in [1.29, 1.82) is 0 Å². The van der Waals surface area contributed by atoms with Gasteiger partial charge in [0.2, 0.25) is 0 Å². The molecule has 0 N–H and O–H groups in total. The number of esters is 1. The quantitative estimate of drug-likeness (QED) is 0.723. The summed E-state index contributed by atoms with van der Waals surface area (Å²) in [5.41, 5.74) is 0.341. The number of hydrogen-bond acceptors (Lipinski definition) is 5. The standard InChI is InChI=1S/C14H16BrNO5S/c1-16(12-5-6-22(19,20)9-12)13(17)8-21-14(18)10-3-2-4-11(15)7-10/h2-4,7,12H,5-6,8-9H2,1H3/t12-/m1/s1. The smallest absolute Gasteiger partial charge is 0.338 e. The van der Waals surface area contributed by atoms with E-state index in [0.29, 0.717) is 12.0 Å². The van der Waals surface area contributed by atoms with Crippen LogP contribution in [0.1, 0.15) is 16.8 Å². The van der Waals surface area contributed by atoms with Crippen molar-refractivity contribution in [2.24, 2.45) is 0 Å². The number of nitrogens with zero attached hydrogens (tertiary/aromatic N) is 1. The maximum absolute atomic E-state index is 12.0. The van der Waals surface area contributed by atoms with Gasteiger partial charge in [-0.05, 0) is 24.6 Å². The van der Waals surface area contributed by atoms with E-state index in [9.17, 15) is 18.0 Å². The molecule has 6 nitrogen and oxygen atoms in total. The normalized spacial score (nSPS) is 19.6. The first kappa shape index (κ1) is 17.0. The highest BCUT2D eigenvalue weighted by Crippen LogP contribution is 2.17. The van der Waals surface area contributed by atoms with Crippen LogP contribution >= 0.6 is 15.9 Å². The average Bonchev–Trinajstić information content (AvgIpc) is 2.83. The van der Waals surface area contributed by atoms with Crippen molar-refractivity contribution < 1.29 is 22.7 Å². The maximum atomic E-state index is 12.0. The number of sulfone groups is 1. The largest absolute Gasteiger partial charge is 0.452 e. The van der Waals surface area contributed by atoms with Gasteiger partial charge < -0.3 is 9.64 Å². The van der Waals surface area contributed by atoms with Gasteiger partial charge in [0.15, 0.2) is 16.4 Å². The molecular weight excluding hydrogens is 374 g/mol. The summed E-state index contributed by atoms with van der Waals surface area (Å²) >= 11 is 3.25. The number of halogens is 1. The topological polar surface area (TPSA) is 80.8 Å². The lowest BCUT2D eigenvalue weighted by atomic mass is 10.2. The Morgan fingerprint density at radius 1 is 1.41 bits per heavy atom. The van der Waals surface area contributed by atoms with E-state index in [1.165, 1.54) is 11.9 Å². The first-order chi connectivity index (χ1) is 10.3. The number of hydrogen-bond donors (Lipinski definition) is 0. The molecule has 1 aromatic carbocycles. The summed E-state index contributed by atoms with van der Waals surface area (Å²) in [6.45, 7) is -0.404. The van der Waals surface area contributed by atoms with E-state index in [4.69, 9.17) is 4.74 Å². The third-order valence-corrected chi connectivity index (χ3v) is 5.78. The number of carbonyl (C=O) groups is 2. The summed E-state index contributed by atoms with van der Waals surface area (Å²) in [5, 5.41) is 0. The van der Waals surface area contributed by atoms with Crippen LogP contribution in [-0.2, 0) is 19.4 Å². The van der Waals surface area contributed by atoms with Crippen LogP contribution < -0.4 is 0 Å². The fourth-order valence-electron chi connectivity index (χ4n) is 2.21. The predicted octanol–water partition coefficient (Wildman–Crippen LogP) is 1.25. The fraction of sp³-hybridized carbons (Fsp3) is 0.429. The lowest BCUT2D eigenvalue weighted by Crippen LogP contribution is -2.40. The van der Waals surface area contributed by atoms with Crippen molar-refractivity contribution in [3.8, 4) is 0 Å². The Bertz CT molecular complexity index is 688. The molecule has 0 aliphatic carbocycles. The second kappa shape index (κ2) is 6.78. The third kappa shape index (κ3) is 4.30. The van der Waals surface area contributed by atoms with Crippen molar-refractivity contribution in [2.45, 2.75) is 12.5 Å². The number of likely N-dealkylation sites (N-methyl/N-ethyl adjacent to an activating group) is 1. The van der Waals surface area contributed by atoms with Gasteiger partial charge in [-0.2, -0.15) is 0 Å². The molecule has 0 bridgehead atoms. The second-order valence-corrected chi connectivity index (χ2v) is 8.29. The van der Waals surface area contributed by atoms with Crippen molar-refractivity contribution >= 4 is 37.6 Å². The van der Waals surface area contributed by atoms with Gasteiger partial charge in [0.25, 0.3) is 5.91 Å². The van der Waals surface area contributed by atoms with Crippen LogP contribution in [0.5, 0.6) is 0 Å². The van der Waals surface area contributed by atoms with Gasteiger partial charge in [-0.15, -0.1) is 0 Å². The van der Waals surface area contributed by atoms with E-state index in [1.807, 2.05) is 0 Å². The van der Waals surface area contributed by atoms with Gasteiger partial charge in [0.1, 0.15) is 0 Å². The molecule has 0 radical (unpaired) electrons. The van der Waals surface area contributed by atoms with Crippen LogP contribution in [0.3, 0.4) is 0 Å². The van der Waals surface area contributed by atoms with Crippen LogP contribution in [0.15, 0.2) is 28.7 Å². The van der Waals surface area contributed by atoms with Crippen LogP contribution in [0.2, 0.25) is 0 Å². The van der Waals surface area contributed by atoms with Gasteiger partial charge in [-0.1, -0.05) is 22.0 Å². The molecule has 1 aliphatic rings. The van der Waals surface area contributed by atoms with Gasteiger partial charge in [0.05, 0.1) is 17.1 Å². The second-order valence-electron chi connectivity index (χ2n) is 5.15. The number of rotatable bonds is 4. The summed E-state index contributed by atoms with van der Waals surface area (Å²) in [7, 11) is -1.53. The molecule has 1 aromatic rings. The Morgan fingerprint density at radius 2 is 2.14 bits per heavy atom. The van der Waals surface area contributed by atoms with Crippen LogP contribution in [0.4, 0.5) is 0 Å². The Hall–Kier alpha value is -1.41. The first-order valence-electron chi connectivity index (χ1n) is 6.67. The highest BCUT2D eigenvalue weighted by molar-refractivity contribution is 9.10. The molecule has 2 rings (SSSR count). The summed E-state index contributed by atoms with van der Waals surface area (Å²) < 4.78 is 28.6. The molecule has 0 unspecified atom stereocenters. The molecule has 1 saturated heterocycles. The first-order valence-corrected chi connectivity index (χ1v) is 9.29. The Morgan fingerprint density at radius 3 is 2.73 bits per heavy atom. The summed E-state index contributed by atoms with van der Waals surface area (Å²) in [4.78, 5) is 25.2. The van der Waals surface area contributed by atoms with Crippen LogP contribution in [0.25, 0.3) is 0 Å². The summed E-state index contributed by atoms with van der Waals surface area (Å²) in [6.07, 6.45) is 0.421. The summed E-state index contributed by atoms with van der Waals surface area (Å²) in [6, 6.07) is 6.31. The zero-order chi connectivity index (χ0) is 16.3. The van der Waals surface area contributed by atoms with Crippen LogP contribution in [0, 0.1) is 0 Å². The van der Waals surface area contributed by atoms with E-state index in [1.54, 1.807) is 24.3 Å². The molecule has 0 aromatic heterocycles. The highest BCUT2D eigenvalue weighted by Gasteiger charge is 2.32. The highest BCUT2D eigenvalue weighted by atomic mass is 79.9. The van der Waals surface area contributed by atoms with Gasteiger partial charge >= 0.3 is 5.97 Å². The van der Waals surface area contributed by atoms with E-state index in [-0.39, 0.29) is 17.5 Å². The van der Waals surface area contributed by atoms with Crippen molar-refractivity contribution in [1.82, 2.24) is 4.90 Å². The van der Waals surface area contributed by atoms with Crippen LogP contribution in [-0.4, -0.2) is 56.4 Å². The zero-order valence-corrected chi connectivity index (χ0v) is 14.4. The molecule has 1 atom stereocenters. The minimum absolute atomic E-state index is 0.0329. The average molecular weight is 390 g/mol. The minimum atomic E-state index is -3.06. The molecular formula is C14H16BrNO5S. The molecule has 22 heavy (non-hydrogen) atoms. The Labute approximate surface area is 137 Å². The van der Waals surface area contributed by atoms with Crippen molar-refractivity contribution in [3.05, 3.63) is 34.3 Å². The van der Waals surface area contributed by atoms with Crippen molar-refractivity contribution in [2.75, 3.05) is 25.2 Å². The van der Waals surface area contributed by atoms with Crippen molar-refractivity contribution in [3.63, 3.8) is 0 Å². The maximum Gasteiger partial charge on any atom is 0.338 e.